The van der Waals surface area contributed by atoms with E-state index < -0.39 is 14.5 Å². The summed E-state index contributed by atoms with van der Waals surface area (Å²) in [6.07, 6.45) is 0. The van der Waals surface area contributed by atoms with Crippen molar-refractivity contribution in [2.45, 2.75) is 0 Å². The monoisotopic (exact) mass is 335 g/mol. The van der Waals surface area contributed by atoms with Crippen LogP contribution in [0.15, 0.2) is 0 Å². The van der Waals surface area contributed by atoms with Crippen LogP contribution in [0.25, 0.3) is 0 Å². The molecule has 4 nitrogen and oxygen atoms in total. The Balaban J connectivity index is 0. The molecule has 6 heteroatoms. The van der Waals surface area contributed by atoms with Gasteiger partial charge in [0.2, 0.25) is 0 Å². The summed E-state index contributed by atoms with van der Waals surface area (Å²) in [6, 6.07) is 0. The maximum absolute atomic E-state index is 8.94. The van der Waals surface area contributed by atoms with Gasteiger partial charge in [0.1, 0.15) is 0 Å². The summed E-state index contributed by atoms with van der Waals surface area (Å²) in [7, 11) is 0. The first-order valence-electron chi connectivity index (χ1n) is 0.783. The van der Waals surface area contributed by atoms with Crippen LogP contribution in [0.3, 0.4) is 0 Å². The van der Waals surface area contributed by atoms with Gasteiger partial charge >= 0.3 is 30.5 Å². The number of hydrogen-bond donors (Lipinski definition) is 3. The van der Waals surface area contributed by atoms with Crippen molar-refractivity contribution < 1.29 is 36.1 Å². The first-order valence-corrected chi connectivity index (χ1v) is 4.07. The Morgan fingerprint density at radius 2 is 1.17 bits per heavy atom. The average molecular weight is 334 g/mol. The molecule has 1 radical (unpaired) electrons. The van der Waals surface area contributed by atoms with E-state index in [1.54, 1.807) is 0 Å². The smallest absolute Gasteiger partial charge is 0 e. The van der Waals surface area contributed by atoms with Crippen LogP contribution in [0.5, 0.6) is 0 Å². The summed E-state index contributed by atoms with van der Waals surface area (Å²) in [4.78, 5) is 0. The van der Waals surface area contributed by atoms with Crippen LogP contribution in [0.1, 0.15) is 0 Å². The third-order valence-corrected chi connectivity index (χ3v) is 0. The van der Waals surface area contributed by atoms with E-state index in [4.69, 9.17) is 16.0 Å². The Labute approximate surface area is 50.9 Å². The predicted molar refractivity (Wildman–Crippen MR) is 13.1 cm³/mol. The van der Waals surface area contributed by atoms with E-state index >= 15 is 0 Å². The summed E-state index contributed by atoms with van der Waals surface area (Å²) < 4.78 is 30.7. The van der Waals surface area contributed by atoms with Gasteiger partial charge in [-0.2, -0.15) is 0 Å². The van der Waals surface area contributed by atoms with Crippen LogP contribution >= 0.6 is 0 Å². The largest absolute Gasteiger partial charge is 0 e. The van der Waals surface area contributed by atoms with E-state index in [9.17, 15) is 0 Å². The maximum Gasteiger partial charge on any atom is 0 e. The van der Waals surface area contributed by atoms with Gasteiger partial charge in [0.15, 0.2) is 0 Å². The summed E-state index contributed by atoms with van der Waals surface area (Å²) in [5.41, 5.74) is 0. The minimum absolute atomic E-state index is 0. The molecular formula is H3AsIrO4. The molecule has 0 unspecified atom stereocenters. The molecule has 0 rings (SSSR count). The molecular weight excluding hydrogens is 331 g/mol. The molecule has 0 heterocycles. The third-order valence-electron chi connectivity index (χ3n) is 0. The van der Waals surface area contributed by atoms with Crippen LogP contribution in [-0.4, -0.2) is 26.8 Å². The van der Waals surface area contributed by atoms with Crippen LogP contribution < -0.4 is 0 Å². The normalized spacial score (nSPS) is 9.83. The van der Waals surface area contributed by atoms with Crippen molar-refractivity contribution >= 4 is 14.5 Å². The van der Waals surface area contributed by atoms with Crippen molar-refractivity contribution in [3.63, 3.8) is 0 Å². The summed E-state index contributed by atoms with van der Waals surface area (Å²) >= 11 is -5.12. The average Bonchev–Trinajstić information content (AvgIpc) is 0.722. The van der Waals surface area contributed by atoms with E-state index in [0.717, 1.165) is 0 Å². The van der Waals surface area contributed by atoms with Crippen LogP contribution in [0, 0.1) is 0 Å². The summed E-state index contributed by atoms with van der Waals surface area (Å²) in [6.45, 7) is 0. The van der Waals surface area contributed by atoms with Gasteiger partial charge in [-0.15, -0.1) is 0 Å². The molecule has 6 heavy (non-hydrogen) atoms. The minimum atomic E-state index is -5.12. The van der Waals surface area contributed by atoms with Gasteiger partial charge in [-0.05, 0) is 0 Å². The second-order valence-electron chi connectivity index (χ2n) is 0.513. The fourth-order valence-corrected chi connectivity index (χ4v) is 0. The standard InChI is InChI=1S/AsH3O4.Ir/c2-1(3,4)5;/h(H3,2,3,4,5);. The topological polar surface area (TPSA) is 77.8 Å². The van der Waals surface area contributed by atoms with Gasteiger partial charge in [-0.3, -0.25) is 0 Å². The molecule has 0 aliphatic rings. The molecule has 0 aliphatic carbocycles. The molecule has 0 atom stereocenters. The van der Waals surface area contributed by atoms with Gasteiger partial charge in [-0.1, -0.05) is 0 Å². The zero-order chi connectivity index (χ0) is 4.50. The maximum atomic E-state index is 8.94. The van der Waals surface area contributed by atoms with Crippen molar-refractivity contribution in [1.82, 2.24) is 0 Å². The van der Waals surface area contributed by atoms with E-state index in [0.29, 0.717) is 0 Å². The molecule has 0 aromatic rings. The van der Waals surface area contributed by atoms with E-state index in [1.807, 2.05) is 0 Å². The van der Waals surface area contributed by atoms with Crippen molar-refractivity contribution in [1.29, 1.82) is 0 Å². The van der Waals surface area contributed by atoms with Crippen molar-refractivity contribution in [2.75, 3.05) is 0 Å². The Bertz CT molecular complexity index is 53.7. The summed E-state index contributed by atoms with van der Waals surface area (Å²) in [5, 5.41) is 0. The summed E-state index contributed by atoms with van der Waals surface area (Å²) in [5.74, 6) is 0. The molecule has 3 N–H and O–H groups in total. The number of rotatable bonds is 0. The Kier molecular flexibility index (Phi) is 4.94. The zero-order valence-electron chi connectivity index (χ0n) is 2.53. The molecule has 41 valence electrons. The molecule has 0 aliphatic heterocycles. The fraction of sp³-hybridized carbons (Fsp3) is 0. The molecule has 0 saturated heterocycles. The van der Waals surface area contributed by atoms with Crippen molar-refractivity contribution in [3.05, 3.63) is 0 Å². The first kappa shape index (κ1) is 9.99. The quantitative estimate of drug-likeness (QED) is 0.441. The molecule has 0 amide bonds. The van der Waals surface area contributed by atoms with E-state index in [1.165, 1.54) is 0 Å². The SMILES string of the molecule is O=[As](O)(O)O.[Ir]. The predicted octanol–water partition coefficient (Wildman–Crippen LogP) is -2.17. The Morgan fingerprint density at radius 1 is 1.17 bits per heavy atom. The molecule has 0 aromatic carbocycles. The molecule has 0 spiro atoms. The van der Waals surface area contributed by atoms with Crippen molar-refractivity contribution in [3.8, 4) is 0 Å². The van der Waals surface area contributed by atoms with Crippen LogP contribution in [-0.2, 0) is 23.8 Å². The second kappa shape index (κ2) is 2.96. The van der Waals surface area contributed by atoms with E-state index in [2.05, 4.69) is 0 Å². The first-order chi connectivity index (χ1) is 2.00. The van der Waals surface area contributed by atoms with Crippen molar-refractivity contribution in [2.24, 2.45) is 0 Å². The van der Waals surface area contributed by atoms with Crippen LogP contribution in [0.2, 0.25) is 0 Å². The third kappa shape index (κ3) is 93.7. The van der Waals surface area contributed by atoms with Gasteiger partial charge in [0.05, 0.1) is 0 Å². The minimum Gasteiger partial charge on any atom is 0 e. The molecule has 0 aromatic heterocycles. The van der Waals surface area contributed by atoms with Gasteiger partial charge in [0, 0.05) is 20.1 Å². The van der Waals surface area contributed by atoms with Gasteiger partial charge in [-0.25, -0.2) is 0 Å². The molecule has 0 fully saturated rings. The Morgan fingerprint density at radius 3 is 1.17 bits per heavy atom. The van der Waals surface area contributed by atoms with Gasteiger partial charge in [0.25, 0.3) is 0 Å². The fourth-order valence-electron chi connectivity index (χ4n) is 0. The van der Waals surface area contributed by atoms with Gasteiger partial charge < -0.3 is 0 Å². The van der Waals surface area contributed by atoms with Crippen LogP contribution in [0.4, 0.5) is 0 Å². The zero-order valence-corrected chi connectivity index (χ0v) is 6.80. The number of hydrogen-bond acceptors (Lipinski definition) is 1. The Hall–Kier alpha value is 0.888. The second-order valence-corrected chi connectivity index (χ2v) is 2.67. The molecule has 0 saturated carbocycles. The molecule has 0 bridgehead atoms. The van der Waals surface area contributed by atoms with E-state index in [-0.39, 0.29) is 20.1 Å².